The molecule has 0 spiro atoms. The zero-order valence-corrected chi connectivity index (χ0v) is 17.1. The number of aryl methyl sites for hydroxylation is 2. The molecule has 5 heteroatoms. The Morgan fingerprint density at radius 2 is 1.97 bits per heavy atom. The molecule has 3 aliphatic rings. The van der Waals surface area contributed by atoms with Crippen LogP contribution in [0.3, 0.4) is 0 Å². The maximum Gasteiger partial charge on any atom is 0.227 e. The van der Waals surface area contributed by atoms with Crippen molar-refractivity contribution < 1.29 is 4.79 Å². The fraction of sp³-hybridized carbons (Fsp3) is 0.542. The highest BCUT2D eigenvalue weighted by Crippen LogP contribution is 2.30. The van der Waals surface area contributed by atoms with Crippen molar-refractivity contribution in [1.82, 2.24) is 20.2 Å². The maximum absolute atomic E-state index is 13.3. The Morgan fingerprint density at radius 1 is 1.07 bits per heavy atom. The Morgan fingerprint density at radius 3 is 2.90 bits per heavy atom. The summed E-state index contributed by atoms with van der Waals surface area (Å²) in [5.74, 6) is 1.05. The standard InChI is InChI=1S/C24H30N4O/c29-23(14-17-8-9-18-5-1-2-6-19(18)13-17)28-12-4-3-7-22(28)24-26-16-20-15-25-11-10-21(20)27-24/h8-9,13,16,22,25H,1-7,10-12,14-15H2. The van der Waals surface area contributed by atoms with Gasteiger partial charge in [0.05, 0.1) is 12.5 Å². The molecular weight excluding hydrogens is 360 g/mol. The molecule has 152 valence electrons. The molecule has 0 saturated carbocycles. The lowest BCUT2D eigenvalue weighted by molar-refractivity contribution is -0.134. The molecule has 29 heavy (non-hydrogen) atoms. The van der Waals surface area contributed by atoms with Crippen LogP contribution in [0.4, 0.5) is 0 Å². The first kappa shape index (κ1) is 18.7. The van der Waals surface area contributed by atoms with Crippen LogP contribution in [0.25, 0.3) is 0 Å². The summed E-state index contributed by atoms with van der Waals surface area (Å²) in [4.78, 5) is 24.9. The van der Waals surface area contributed by atoms with Crippen LogP contribution in [0.15, 0.2) is 24.4 Å². The lowest BCUT2D eigenvalue weighted by atomic mass is 9.89. The minimum atomic E-state index is 0.0223. The zero-order valence-electron chi connectivity index (χ0n) is 17.1. The molecule has 1 N–H and O–H groups in total. The number of carbonyl (C=O) groups is 1. The highest BCUT2D eigenvalue weighted by atomic mass is 16.2. The third-order valence-electron chi connectivity index (χ3n) is 6.72. The minimum Gasteiger partial charge on any atom is -0.332 e. The van der Waals surface area contributed by atoms with Crippen molar-refractivity contribution in [2.75, 3.05) is 13.1 Å². The van der Waals surface area contributed by atoms with Gasteiger partial charge in [0, 0.05) is 43.5 Å². The van der Waals surface area contributed by atoms with Gasteiger partial charge in [0.2, 0.25) is 5.91 Å². The molecule has 5 rings (SSSR count). The van der Waals surface area contributed by atoms with Crippen molar-refractivity contribution in [3.05, 3.63) is 58.2 Å². The minimum absolute atomic E-state index is 0.0223. The van der Waals surface area contributed by atoms with E-state index in [1.165, 1.54) is 36.0 Å². The Labute approximate surface area is 172 Å². The van der Waals surface area contributed by atoms with Crippen LogP contribution >= 0.6 is 0 Å². The SMILES string of the molecule is O=C(Cc1ccc2c(c1)CCCC2)N1CCCCC1c1ncc2c(n1)CCNC2. The van der Waals surface area contributed by atoms with E-state index in [2.05, 4.69) is 28.5 Å². The van der Waals surface area contributed by atoms with Crippen LogP contribution in [0.5, 0.6) is 0 Å². The van der Waals surface area contributed by atoms with Gasteiger partial charge in [0.1, 0.15) is 0 Å². The number of rotatable bonds is 3. The van der Waals surface area contributed by atoms with E-state index in [0.717, 1.165) is 68.8 Å². The summed E-state index contributed by atoms with van der Waals surface area (Å²) in [6.07, 6.45) is 11.5. The van der Waals surface area contributed by atoms with Crippen LogP contribution < -0.4 is 5.32 Å². The molecule has 1 unspecified atom stereocenters. The van der Waals surface area contributed by atoms with Gasteiger partial charge in [-0.05, 0) is 61.6 Å². The molecule has 1 fully saturated rings. The lowest BCUT2D eigenvalue weighted by Crippen LogP contribution is -2.40. The molecule has 1 amide bonds. The van der Waals surface area contributed by atoms with Gasteiger partial charge in [-0.3, -0.25) is 4.79 Å². The van der Waals surface area contributed by atoms with Crippen molar-refractivity contribution in [2.24, 2.45) is 0 Å². The molecule has 5 nitrogen and oxygen atoms in total. The molecule has 1 aromatic heterocycles. The first-order valence-corrected chi connectivity index (χ1v) is 11.2. The predicted molar refractivity (Wildman–Crippen MR) is 113 cm³/mol. The molecule has 0 radical (unpaired) electrons. The van der Waals surface area contributed by atoms with Crippen molar-refractivity contribution in [2.45, 2.75) is 70.4 Å². The fourth-order valence-electron chi connectivity index (χ4n) is 5.08. The number of likely N-dealkylation sites (tertiary alicyclic amines) is 1. The number of aromatic nitrogens is 2. The van der Waals surface area contributed by atoms with Gasteiger partial charge in [-0.2, -0.15) is 0 Å². The Hall–Kier alpha value is -2.27. The first-order valence-electron chi connectivity index (χ1n) is 11.2. The van der Waals surface area contributed by atoms with E-state index in [1.54, 1.807) is 0 Å². The third kappa shape index (κ3) is 3.93. The number of carbonyl (C=O) groups excluding carboxylic acids is 1. The lowest BCUT2D eigenvalue weighted by Gasteiger charge is -2.35. The van der Waals surface area contributed by atoms with Gasteiger partial charge in [-0.15, -0.1) is 0 Å². The number of hydrogen-bond donors (Lipinski definition) is 1. The average Bonchev–Trinajstić information content (AvgIpc) is 2.78. The van der Waals surface area contributed by atoms with Crippen molar-refractivity contribution >= 4 is 5.91 Å². The summed E-state index contributed by atoms with van der Waals surface area (Å²) in [5.41, 5.74) is 6.42. The Bertz CT molecular complexity index is 910. The molecule has 0 bridgehead atoms. The van der Waals surface area contributed by atoms with Crippen LogP contribution in [0, 0.1) is 0 Å². The van der Waals surface area contributed by atoms with E-state index in [1.807, 2.05) is 11.1 Å². The normalized spacial score (nSPS) is 21.4. The van der Waals surface area contributed by atoms with E-state index in [9.17, 15) is 4.79 Å². The maximum atomic E-state index is 13.3. The van der Waals surface area contributed by atoms with Crippen molar-refractivity contribution in [3.8, 4) is 0 Å². The van der Waals surface area contributed by atoms with E-state index in [0.29, 0.717) is 6.42 Å². The van der Waals surface area contributed by atoms with Crippen molar-refractivity contribution in [1.29, 1.82) is 0 Å². The molecule has 3 heterocycles. The Kier molecular flexibility index (Phi) is 5.32. The second-order valence-electron chi connectivity index (χ2n) is 8.71. The number of piperidine rings is 1. The summed E-state index contributed by atoms with van der Waals surface area (Å²) in [6.45, 7) is 2.63. The molecule has 1 atom stereocenters. The van der Waals surface area contributed by atoms with Crippen LogP contribution in [-0.4, -0.2) is 33.9 Å². The van der Waals surface area contributed by atoms with Crippen LogP contribution in [0.1, 0.15) is 71.9 Å². The number of amides is 1. The summed E-state index contributed by atoms with van der Waals surface area (Å²) in [5, 5.41) is 3.37. The van der Waals surface area contributed by atoms with Gasteiger partial charge in [-0.25, -0.2) is 9.97 Å². The summed E-state index contributed by atoms with van der Waals surface area (Å²) in [6, 6.07) is 6.69. The molecule has 2 aliphatic heterocycles. The molecule has 2 aromatic rings. The molecular formula is C24H30N4O. The van der Waals surface area contributed by atoms with E-state index >= 15 is 0 Å². The van der Waals surface area contributed by atoms with Crippen LogP contribution in [-0.2, 0) is 37.0 Å². The summed E-state index contributed by atoms with van der Waals surface area (Å²) < 4.78 is 0. The highest BCUT2D eigenvalue weighted by Gasteiger charge is 2.30. The third-order valence-corrected chi connectivity index (χ3v) is 6.72. The first-order chi connectivity index (χ1) is 14.3. The second kappa shape index (κ2) is 8.23. The smallest absolute Gasteiger partial charge is 0.227 e. The molecule has 1 aromatic carbocycles. The number of fused-ring (bicyclic) bond motifs is 2. The summed E-state index contributed by atoms with van der Waals surface area (Å²) >= 11 is 0. The van der Waals surface area contributed by atoms with E-state index in [-0.39, 0.29) is 11.9 Å². The topological polar surface area (TPSA) is 58.1 Å². The van der Waals surface area contributed by atoms with Gasteiger partial charge in [0.25, 0.3) is 0 Å². The van der Waals surface area contributed by atoms with Gasteiger partial charge < -0.3 is 10.2 Å². The van der Waals surface area contributed by atoms with Gasteiger partial charge in [-0.1, -0.05) is 18.2 Å². The Balaban J connectivity index is 1.35. The fourth-order valence-corrected chi connectivity index (χ4v) is 5.08. The van der Waals surface area contributed by atoms with Gasteiger partial charge in [0.15, 0.2) is 5.82 Å². The van der Waals surface area contributed by atoms with Crippen molar-refractivity contribution in [3.63, 3.8) is 0 Å². The predicted octanol–water partition coefficient (Wildman–Crippen LogP) is 3.30. The number of nitrogens with one attached hydrogen (secondary N) is 1. The largest absolute Gasteiger partial charge is 0.332 e. The molecule has 1 saturated heterocycles. The monoisotopic (exact) mass is 390 g/mol. The number of nitrogens with zero attached hydrogens (tertiary/aromatic N) is 3. The van der Waals surface area contributed by atoms with Crippen LogP contribution in [0.2, 0.25) is 0 Å². The number of benzene rings is 1. The average molecular weight is 391 g/mol. The zero-order chi connectivity index (χ0) is 19.6. The summed E-state index contributed by atoms with van der Waals surface area (Å²) in [7, 11) is 0. The highest BCUT2D eigenvalue weighted by molar-refractivity contribution is 5.79. The quantitative estimate of drug-likeness (QED) is 0.874. The van der Waals surface area contributed by atoms with Gasteiger partial charge >= 0.3 is 0 Å². The number of hydrogen-bond acceptors (Lipinski definition) is 4. The van der Waals surface area contributed by atoms with E-state index < -0.39 is 0 Å². The van der Waals surface area contributed by atoms with E-state index in [4.69, 9.17) is 4.98 Å². The second-order valence-corrected chi connectivity index (χ2v) is 8.71. The molecule has 1 aliphatic carbocycles.